The molecule has 8 nitrogen and oxygen atoms in total. The van der Waals surface area contributed by atoms with E-state index >= 15 is 0 Å². The molecule has 0 saturated carbocycles. The summed E-state index contributed by atoms with van der Waals surface area (Å²) in [6.45, 7) is 3.23. The van der Waals surface area contributed by atoms with Crippen LogP contribution >= 0.6 is 20.7 Å². The van der Waals surface area contributed by atoms with Gasteiger partial charge in [0.25, 0.3) is 5.91 Å². The van der Waals surface area contributed by atoms with Gasteiger partial charge in [-0.2, -0.15) is 0 Å². The standard InChI is InChI=1S/C24H24IN5O3/c1-12-3-4-16-15(10-25-11-29-16)19(12)13-9-14-22-17(5-6-18(30-22)28-7-8-32-2)33-23(14)20(21(13)26)24(27)31/h3-6,9-10,29H,7-8,11,26H2,1-2H3,(H2,27,31)(H,28,30). The first kappa shape index (κ1) is 21.7. The Morgan fingerprint density at radius 3 is 2.97 bits per heavy atom. The number of nitrogens with zero attached hydrogens (tertiary/aromatic N) is 1. The lowest BCUT2D eigenvalue weighted by atomic mass is 9.90. The molecular weight excluding hydrogens is 533 g/mol. The first-order valence-electron chi connectivity index (χ1n) is 10.5. The highest BCUT2D eigenvalue weighted by Crippen LogP contribution is 2.43. The Kier molecular flexibility index (Phi) is 5.67. The largest absolute Gasteiger partial charge is 0.453 e. The molecule has 5 rings (SSSR count). The van der Waals surface area contributed by atoms with E-state index in [1.165, 1.54) is 0 Å². The lowest BCUT2D eigenvalue weighted by Gasteiger charge is -2.20. The van der Waals surface area contributed by atoms with Gasteiger partial charge in [0.1, 0.15) is 16.9 Å². The molecule has 0 radical (unpaired) electrons. The number of carbonyl (C=O) groups is 1. The molecule has 0 bridgehead atoms. The highest BCUT2D eigenvalue weighted by Gasteiger charge is 2.25. The Morgan fingerprint density at radius 2 is 2.18 bits per heavy atom. The number of primary amides is 1. The normalized spacial score (nSPS) is 12.9. The summed E-state index contributed by atoms with van der Waals surface area (Å²) in [5, 5.41) is 7.42. The second-order valence-corrected chi connectivity index (χ2v) is 10.1. The quantitative estimate of drug-likeness (QED) is 0.0920. The van der Waals surface area contributed by atoms with Crippen molar-refractivity contribution in [1.29, 1.82) is 0 Å². The molecule has 170 valence electrons. The number of benzene rings is 2. The van der Waals surface area contributed by atoms with Crippen molar-refractivity contribution in [2.24, 2.45) is 5.73 Å². The second-order valence-electron chi connectivity index (χ2n) is 7.81. The van der Waals surface area contributed by atoms with E-state index in [4.69, 9.17) is 25.6 Å². The number of rotatable bonds is 6. The number of amides is 1. The molecular formula is C24H24IN5O3. The van der Waals surface area contributed by atoms with Crippen LogP contribution in [-0.2, 0) is 4.74 Å². The van der Waals surface area contributed by atoms with Crippen LogP contribution in [0.5, 0.6) is 0 Å². The smallest absolute Gasteiger partial charge is 0.254 e. The third kappa shape index (κ3) is 3.70. The highest BCUT2D eigenvalue weighted by molar-refractivity contribution is 14.2. The summed E-state index contributed by atoms with van der Waals surface area (Å²) in [5.74, 6) is 0.0608. The van der Waals surface area contributed by atoms with Gasteiger partial charge in [-0.05, 0) is 46.3 Å². The molecule has 9 heteroatoms. The molecule has 3 heterocycles. The first-order chi connectivity index (χ1) is 16.0. The average Bonchev–Trinajstić information content (AvgIpc) is 3.16. The Balaban J connectivity index is 1.80. The molecule has 0 unspecified atom stereocenters. The molecule has 0 fully saturated rings. The lowest BCUT2D eigenvalue weighted by Crippen LogP contribution is -2.15. The monoisotopic (exact) mass is 557 g/mol. The van der Waals surface area contributed by atoms with Crippen molar-refractivity contribution in [1.82, 2.24) is 4.98 Å². The Labute approximate surface area is 200 Å². The van der Waals surface area contributed by atoms with Gasteiger partial charge in [0.2, 0.25) is 0 Å². The topological polar surface area (TPSA) is 128 Å². The molecule has 4 aromatic rings. The number of nitrogen functional groups attached to an aromatic ring is 1. The van der Waals surface area contributed by atoms with Gasteiger partial charge >= 0.3 is 0 Å². The van der Waals surface area contributed by atoms with Crippen LogP contribution in [0.1, 0.15) is 21.5 Å². The minimum atomic E-state index is -0.631. The number of ether oxygens (including phenoxy) is 1. The third-order valence-electron chi connectivity index (χ3n) is 5.75. The number of anilines is 3. The number of carbonyl (C=O) groups excluding carboxylic acids is 1. The van der Waals surface area contributed by atoms with Gasteiger partial charge in [-0.3, -0.25) is 4.79 Å². The number of hydrogen-bond acceptors (Lipinski definition) is 7. The molecule has 2 aromatic carbocycles. The van der Waals surface area contributed by atoms with Gasteiger partial charge in [0, 0.05) is 35.9 Å². The zero-order chi connectivity index (χ0) is 23.1. The van der Waals surface area contributed by atoms with Crippen molar-refractivity contribution in [3.8, 4) is 11.1 Å². The van der Waals surface area contributed by atoms with Crippen LogP contribution in [0.15, 0.2) is 34.7 Å². The summed E-state index contributed by atoms with van der Waals surface area (Å²) in [6, 6.07) is 9.78. The van der Waals surface area contributed by atoms with Crippen LogP contribution in [-0.4, -0.2) is 39.7 Å². The predicted octanol–water partition coefficient (Wildman–Crippen LogP) is 4.20. The number of nitrogens with two attached hydrogens (primary N) is 2. The second kappa shape index (κ2) is 8.64. The van der Waals surface area contributed by atoms with E-state index in [1.807, 2.05) is 25.1 Å². The van der Waals surface area contributed by atoms with E-state index < -0.39 is 5.91 Å². The summed E-state index contributed by atoms with van der Waals surface area (Å²) in [7, 11) is 1.65. The molecule has 2 aromatic heterocycles. The number of pyridine rings is 1. The van der Waals surface area contributed by atoms with Gasteiger partial charge in [0.05, 0.1) is 16.8 Å². The fourth-order valence-corrected chi connectivity index (χ4v) is 6.14. The average molecular weight is 557 g/mol. The van der Waals surface area contributed by atoms with E-state index in [2.05, 4.69) is 26.8 Å². The minimum absolute atomic E-state index is 0.111. The van der Waals surface area contributed by atoms with E-state index in [0.717, 1.165) is 32.5 Å². The minimum Gasteiger partial charge on any atom is -0.453 e. The molecule has 1 aliphatic heterocycles. The molecule has 1 amide bonds. The van der Waals surface area contributed by atoms with E-state index in [1.54, 1.807) is 7.11 Å². The number of fused-ring (bicyclic) bond motifs is 4. The zero-order valence-electron chi connectivity index (χ0n) is 18.3. The number of nitrogens with one attached hydrogen (secondary N) is 2. The predicted molar refractivity (Wildman–Crippen MR) is 143 cm³/mol. The third-order valence-corrected chi connectivity index (χ3v) is 7.63. The number of alkyl halides is 1. The summed E-state index contributed by atoms with van der Waals surface area (Å²) < 4.78 is 14.4. The van der Waals surface area contributed by atoms with Crippen molar-refractivity contribution in [3.05, 3.63) is 47.0 Å². The SMILES string of the molecule is COCCNc1ccc2oc3c(C(N)=O)c(N)c(-c4c(C)ccc5c4C=ICN5)cc3c2n1. The molecule has 0 saturated heterocycles. The number of halogens is 1. The van der Waals surface area contributed by atoms with Crippen molar-refractivity contribution in [2.45, 2.75) is 6.92 Å². The number of aryl methyl sites for hydroxylation is 1. The van der Waals surface area contributed by atoms with E-state index in [-0.39, 0.29) is 26.3 Å². The summed E-state index contributed by atoms with van der Waals surface area (Å²) in [4.78, 5) is 17.3. The maximum atomic E-state index is 12.5. The molecule has 0 atom stereocenters. The van der Waals surface area contributed by atoms with Gasteiger partial charge in [-0.25, -0.2) is 4.98 Å². The van der Waals surface area contributed by atoms with Crippen molar-refractivity contribution >= 4 is 69.9 Å². The van der Waals surface area contributed by atoms with E-state index in [9.17, 15) is 4.79 Å². The number of hydrogen-bond donors (Lipinski definition) is 4. The van der Waals surface area contributed by atoms with Gasteiger partial charge in [-0.15, -0.1) is 20.7 Å². The summed E-state index contributed by atoms with van der Waals surface area (Å²) in [6.07, 6.45) is 0. The Morgan fingerprint density at radius 1 is 1.33 bits per heavy atom. The summed E-state index contributed by atoms with van der Waals surface area (Å²) >= 11 is -0.111. The summed E-state index contributed by atoms with van der Waals surface area (Å²) in [5.41, 5.74) is 19.5. The number of aromatic nitrogens is 1. The lowest BCUT2D eigenvalue weighted by molar-refractivity contribution is 0.100. The van der Waals surface area contributed by atoms with Gasteiger partial charge < -0.3 is 31.3 Å². The Bertz CT molecular complexity index is 1440. The maximum Gasteiger partial charge on any atom is 0.254 e. The molecule has 33 heavy (non-hydrogen) atoms. The van der Waals surface area contributed by atoms with Crippen molar-refractivity contribution in [2.75, 3.05) is 41.2 Å². The van der Waals surface area contributed by atoms with Crippen LogP contribution in [0.4, 0.5) is 17.2 Å². The van der Waals surface area contributed by atoms with Crippen LogP contribution in [0.2, 0.25) is 0 Å². The fourth-order valence-electron chi connectivity index (χ4n) is 4.20. The van der Waals surface area contributed by atoms with Crippen LogP contribution in [0.3, 0.4) is 0 Å². The van der Waals surface area contributed by atoms with Gasteiger partial charge in [-0.1, -0.05) is 6.07 Å². The zero-order valence-corrected chi connectivity index (χ0v) is 20.4. The number of furan rings is 1. The van der Waals surface area contributed by atoms with Crippen LogP contribution in [0.25, 0.3) is 33.2 Å². The van der Waals surface area contributed by atoms with Crippen LogP contribution < -0.4 is 22.1 Å². The molecule has 0 aliphatic carbocycles. The molecule has 6 N–H and O–H groups in total. The fraction of sp³-hybridized carbons (Fsp3) is 0.208. The van der Waals surface area contributed by atoms with E-state index in [0.29, 0.717) is 46.7 Å². The van der Waals surface area contributed by atoms with Gasteiger partial charge in [0.15, 0.2) is 11.2 Å². The van der Waals surface area contributed by atoms with Crippen molar-refractivity contribution < 1.29 is 13.9 Å². The first-order valence-corrected chi connectivity index (χ1v) is 13.2. The van der Waals surface area contributed by atoms with Crippen molar-refractivity contribution in [3.63, 3.8) is 0 Å². The Hall–Kier alpha value is -3.18. The number of methoxy groups -OCH3 is 1. The molecule has 0 spiro atoms. The maximum absolute atomic E-state index is 12.5. The highest BCUT2D eigenvalue weighted by atomic mass is 127. The van der Waals surface area contributed by atoms with Crippen LogP contribution in [0, 0.1) is 6.92 Å². The molecule has 1 aliphatic rings.